The molecule has 0 radical (unpaired) electrons. The fourth-order valence-electron chi connectivity index (χ4n) is 1.44. The van der Waals surface area contributed by atoms with Gasteiger partial charge in [-0.1, -0.05) is 18.5 Å². The number of benzene rings is 1. The van der Waals surface area contributed by atoms with Gasteiger partial charge in [0.05, 0.1) is 5.02 Å². The molecule has 0 heterocycles. The summed E-state index contributed by atoms with van der Waals surface area (Å²) in [5, 5.41) is 12.2. The average Bonchev–Trinajstić information content (AvgIpc) is 2.31. The highest BCUT2D eigenvalue weighted by Gasteiger charge is 2.12. The predicted molar refractivity (Wildman–Crippen MR) is 72.4 cm³/mol. The summed E-state index contributed by atoms with van der Waals surface area (Å²) in [5.74, 6) is -0.167. The number of carbonyl (C=O) groups is 1. The van der Waals surface area contributed by atoms with Crippen LogP contribution in [0.25, 0.3) is 0 Å². The van der Waals surface area contributed by atoms with Crippen LogP contribution in [-0.2, 0) is 0 Å². The second kappa shape index (κ2) is 6.99. The van der Waals surface area contributed by atoms with Gasteiger partial charge in [-0.2, -0.15) is 0 Å². The summed E-state index contributed by atoms with van der Waals surface area (Å²) < 4.78 is 0.762. The van der Waals surface area contributed by atoms with Crippen LogP contribution in [0.1, 0.15) is 30.1 Å². The molecule has 0 aliphatic heterocycles. The van der Waals surface area contributed by atoms with Crippen molar-refractivity contribution in [3.8, 4) is 0 Å². The number of hydrogen-bond donors (Lipinski definition) is 2. The van der Waals surface area contributed by atoms with E-state index >= 15 is 0 Å². The van der Waals surface area contributed by atoms with Gasteiger partial charge in [0.15, 0.2) is 0 Å². The third-order valence-corrected chi connectivity index (χ3v) is 3.72. The molecule has 1 rings (SSSR count). The summed E-state index contributed by atoms with van der Waals surface area (Å²) in [6.45, 7) is 2.04. The van der Waals surface area contributed by atoms with Gasteiger partial charge < -0.3 is 10.4 Å². The summed E-state index contributed by atoms with van der Waals surface area (Å²) in [7, 11) is 0. The van der Waals surface area contributed by atoms with E-state index in [0.717, 1.165) is 10.9 Å². The quantitative estimate of drug-likeness (QED) is 0.876. The zero-order chi connectivity index (χ0) is 12.8. The summed E-state index contributed by atoms with van der Waals surface area (Å²) in [6.07, 6.45) is 1.35. The molecule has 0 saturated carbocycles. The summed E-state index contributed by atoms with van der Waals surface area (Å²) in [4.78, 5) is 11.9. The molecule has 1 atom stereocenters. The van der Waals surface area contributed by atoms with Crippen LogP contribution in [0.5, 0.6) is 0 Å². The van der Waals surface area contributed by atoms with E-state index in [2.05, 4.69) is 21.2 Å². The molecule has 94 valence electrons. The van der Waals surface area contributed by atoms with Gasteiger partial charge >= 0.3 is 0 Å². The monoisotopic (exact) mass is 319 g/mol. The van der Waals surface area contributed by atoms with E-state index in [1.54, 1.807) is 18.2 Å². The van der Waals surface area contributed by atoms with E-state index < -0.39 is 0 Å². The molecule has 0 saturated heterocycles. The molecule has 0 aromatic heterocycles. The Morgan fingerprint density at radius 2 is 2.29 bits per heavy atom. The van der Waals surface area contributed by atoms with E-state index in [4.69, 9.17) is 16.7 Å². The second-order valence-electron chi connectivity index (χ2n) is 3.72. The molecule has 5 heteroatoms. The minimum Gasteiger partial charge on any atom is -0.396 e. The second-order valence-corrected chi connectivity index (χ2v) is 4.98. The fourth-order valence-corrected chi connectivity index (χ4v) is 1.87. The van der Waals surface area contributed by atoms with Crippen molar-refractivity contribution in [1.82, 2.24) is 5.32 Å². The molecule has 1 aromatic rings. The van der Waals surface area contributed by atoms with Crippen molar-refractivity contribution in [2.45, 2.75) is 25.8 Å². The Morgan fingerprint density at radius 3 is 2.82 bits per heavy atom. The first kappa shape index (κ1) is 14.5. The lowest BCUT2D eigenvalue weighted by Gasteiger charge is -2.15. The van der Waals surface area contributed by atoms with Crippen LogP contribution in [-0.4, -0.2) is 23.7 Å². The minimum atomic E-state index is -0.167. The van der Waals surface area contributed by atoms with Crippen molar-refractivity contribution >= 4 is 33.4 Å². The zero-order valence-electron chi connectivity index (χ0n) is 9.54. The van der Waals surface area contributed by atoms with E-state index in [9.17, 15) is 4.79 Å². The lowest BCUT2D eigenvalue weighted by molar-refractivity contribution is 0.0929. The molecule has 1 aromatic carbocycles. The van der Waals surface area contributed by atoms with Crippen molar-refractivity contribution in [1.29, 1.82) is 0 Å². The molecule has 2 N–H and O–H groups in total. The normalized spacial score (nSPS) is 12.2. The Bertz CT molecular complexity index is 398. The number of nitrogens with one attached hydrogen (secondary N) is 1. The first-order chi connectivity index (χ1) is 8.08. The van der Waals surface area contributed by atoms with Crippen molar-refractivity contribution in [3.63, 3.8) is 0 Å². The highest BCUT2D eigenvalue weighted by Crippen LogP contribution is 2.23. The molecule has 0 aliphatic carbocycles. The third kappa shape index (κ3) is 4.30. The van der Waals surface area contributed by atoms with Gasteiger partial charge in [0.2, 0.25) is 0 Å². The molecular weight excluding hydrogens is 305 g/mol. The van der Waals surface area contributed by atoms with Crippen molar-refractivity contribution in [2.24, 2.45) is 0 Å². The number of aliphatic hydroxyl groups is 1. The topological polar surface area (TPSA) is 49.3 Å². The Kier molecular flexibility index (Phi) is 5.95. The number of aliphatic hydroxyl groups excluding tert-OH is 1. The molecule has 0 spiro atoms. The lowest BCUT2D eigenvalue weighted by atomic mass is 10.1. The minimum absolute atomic E-state index is 0.00470. The summed E-state index contributed by atoms with van der Waals surface area (Å²) in [5.41, 5.74) is 0.523. The van der Waals surface area contributed by atoms with E-state index in [1.807, 2.05) is 6.92 Å². The molecular formula is C12H15BrClNO2. The van der Waals surface area contributed by atoms with E-state index in [0.29, 0.717) is 17.0 Å². The Morgan fingerprint density at radius 1 is 1.59 bits per heavy atom. The maximum absolute atomic E-state index is 11.9. The third-order valence-electron chi connectivity index (χ3n) is 2.49. The first-order valence-corrected chi connectivity index (χ1v) is 6.62. The Labute approximate surface area is 114 Å². The molecule has 1 amide bonds. The molecule has 17 heavy (non-hydrogen) atoms. The van der Waals surface area contributed by atoms with Crippen LogP contribution in [0.15, 0.2) is 22.7 Å². The maximum Gasteiger partial charge on any atom is 0.251 e. The van der Waals surface area contributed by atoms with E-state index in [-0.39, 0.29) is 18.6 Å². The van der Waals surface area contributed by atoms with Gasteiger partial charge in [-0.15, -0.1) is 0 Å². The smallest absolute Gasteiger partial charge is 0.251 e. The molecule has 0 fully saturated rings. The summed E-state index contributed by atoms with van der Waals surface area (Å²) in [6, 6.07) is 5.06. The largest absolute Gasteiger partial charge is 0.396 e. The van der Waals surface area contributed by atoms with Crippen LogP contribution < -0.4 is 5.32 Å². The maximum atomic E-state index is 11.9. The van der Waals surface area contributed by atoms with E-state index in [1.165, 1.54) is 0 Å². The van der Waals surface area contributed by atoms with Gasteiger partial charge in [-0.3, -0.25) is 4.79 Å². The number of carbonyl (C=O) groups excluding carboxylic acids is 1. The average molecular weight is 321 g/mol. The van der Waals surface area contributed by atoms with Crippen molar-refractivity contribution in [3.05, 3.63) is 33.3 Å². The lowest BCUT2D eigenvalue weighted by Crippen LogP contribution is -2.35. The van der Waals surface area contributed by atoms with Crippen LogP contribution >= 0.6 is 27.5 Å². The molecule has 0 aliphatic rings. The zero-order valence-corrected chi connectivity index (χ0v) is 11.9. The number of halogens is 2. The van der Waals surface area contributed by atoms with Crippen molar-refractivity contribution in [2.75, 3.05) is 6.61 Å². The number of hydrogen-bond acceptors (Lipinski definition) is 2. The SMILES string of the molecule is CCC(CCO)NC(=O)c1ccc(Br)c(Cl)c1. The predicted octanol–water partition coefficient (Wildman–Crippen LogP) is 2.99. The van der Waals surface area contributed by atoms with Gasteiger partial charge in [0.1, 0.15) is 0 Å². The van der Waals surface area contributed by atoms with Gasteiger partial charge in [-0.05, 0) is 47.0 Å². The van der Waals surface area contributed by atoms with Crippen LogP contribution in [0.2, 0.25) is 5.02 Å². The molecule has 0 bridgehead atoms. The number of rotatable bonds is 5. The standard InChI is InChI=1S/C12H15BrClNO2/c1-2-9(5-6-16)15-12(17)8-3-4-10(13)11(14)7-8/h3-4,7,9,16H,2,5-6H2,1H3,(H,15,17). The van der Waals surface area contributed by atoms with Crippen LogP contribution in [0.4, 0.5) is 0 Å². The Balaban J connectivity index is 2.72. The van der Waals surface area contributed by atoms with Gasteiger partial charge in [0, 0.05) is 22.7 Å². The highest BCUT2D eigenvalue weighted by atomic mass is 79.9. The van der Waals surface area contributed by atoms with Crippen LogP contribution in [0, 0.1) is 0 Å². The molecule has 3 nitrogen and oxygen atoms in total. The first-order valence-electron chi connectivity index (χ1n) is 5.45. The summed E-state index contributed by atoms with van der Waals surface area (Å²) >= 11 is 9.19. The van der Waals surface area contributed by atoms with Gasteiger partial charge in [0.25, 0.3) is 5.91 Å². The molecule has 1 unspecified atom stereocenters. The fraction of sp³-hybridized carbons (Fsp3) is 0.417. The van der Waals surface area contributed by atoms with Crippen molar-refractivity contribution < 1.29 is 9.90 Å². The van der Waals surface area contributed by atoms with Gasteiger partial charge in [-0.25, -0.2) is 0 Å². The van der Waals surface area contributed by atoms with Crippen LogP contribution in [0.3, 0.4) is 0 Å². The number of amides is 1. The Hall–Kier alpha value is -0.580. The highest BCUT2D eigenvalue weighted by molar-refractivity contribution is 9.10.